The maximum atomic E-state index is 5.98. The first-order chi connectivity index (χ1) is 7.85. The smallest absolute Gasteiger partial charge is 0.107 e. The summed E-state index contributed by atoms with van der Waals surface area (Å²) in [6, 6.07) is 4.30. The first-order valence-corrected chi connectivity index (χ1v) is 6.10. The zero-order valence-corrected chi connectivity index (χ0v) is 11.1. The van der Waals surface area contributed by atoms with Gasteiger partial charge in [0.25, 0.3) is 0 Å². The van der Waals surface area contributed by atoms with E-state index in [1.807, 2.05) is 13.8 Å². The van der Waals surface area contributed by atoms with Crippen LogP contribution in [0.25, 0.3) is 11.0 Å². The molecule has 0 unspecified atom stereocenters. The van der Waals surface area contributed by atoms with Crippen LogP contribution >= 0.6 is 0 Å². The topological polar surface area (TPSA) is 54.7 Å². The Morgan fingerprint density at radius 3 is 2.53 bits per heavy atom. The number of nitrogens with zero attached hydrogens (tertiary/aromatic N) is 1. The molecular formula is C14H21N3. The van der Waals surface area contributed by atoms with E-state index in [4.69, 9.17) is 5.73 Å². The predicted molar refractivity (Wildman–Crippen MR) is 72.2 cm³/mol. The van der Waals surface area contributed by atoms with E-state index in [1.165, 1.54) is 11.1 Å². The molecule has 1 aromatic heterocycles. The van der Waals surface area contributed by atoms with Gasteiger partial charge in [0.1, 0.15) is 5.82 Å². The van der Waals surface area contributed by atoms with Crippen molar-refractivity contribution in [3.8, 4) is 0 Å². The summed E-state index contributed by atoms with van der Waals surface area (Å²) in [4.78, 5) is 7.98. The summed E-state index contributed by atoms with van der Waals surface area (Å²) in [5.41, 5.74) is 10.6. The highest BCUT2D eigenvalue weighted by atomic mass is 14.9. The molecule has 0 fully saturated rings. The van der Waals surface area contributed by atoms with Crippen LogP contribution in [0.4, 0.5) is 0 Å². The second-order valence-corrected chi connectivity index (χ2v) is 5.63. The minimum Gasteiger partial charge on any atom is -0.342 e. The van der Waals surface area contributed by atoms with Gasteiger partial charge in [-0.2, -0.15) is 0 Å². The van der Waals surface area contributed by atoms with Crippen molar-refractivity contribution in [1.29, 1.82) is 0 Å². The van der Waals surface area contributed by atoms with Crippen molar-refractivity contribution in [3.05, 3.63) is 29.1 Å². The van der Waals surface area contributed by atoms with E-state index >= 15 is 0 Å². The molecule has 1 heterocycles. The Kier molecular flexibility index (Phi) is 2.96. The minimum atomic E-state index is -0.134. The van der Waals surface area contributed by atoms with Gasteiger partial charge in [0, 0.05) is 12.0 Å². The van der Waals surface area contributed by atoms with E-state index in [0.717, 1.165) is 29.7 Å². The molecule has 3 nitrogen and oxygen atoms in total. The Labute approximate surface area is 102 Å². The minimum absolute atomic E-state index is 0.134. The van der Waals surface area contributed by atoms with Crippen LogP contribution in [0, 0.1) is 13.8 Å². The van der Waals surface area contributed by atoms with Crippen molar-refractivity contribution in [3.63, 3.8) is 0 Å². The van der Waals surface area contributed by atoms with Gasteiger partial charge in [-0.3, -0.25) is 0 Å². The molecule has 0 aliphatic heterocycles. The quantitative estimate of drug-likeness (QED) is 0.853. The molecule has 2 rings (SSSR count). The van der Waals surface area contributed by atoms with Crippen LogP contribution in [0.5, 0.6) is 0 Å². The maximum absolute atomic E-state index is 5.98. The van der Waals surface area contributed by atoms with Crippen LogP contribution in [0.1, 0.15) is 37.2 Å². The Balaban J connectivity index is 2.26. The fourth-order valence-electron chi connectivity index (χ4n) is 1.88. The number of nitrogens with two attached hydrogens (primary N) is 1. The van der Waals surface area contributed by atoms with Crippen molar-refractivity contribution in [1.82, 2.24) is 9.97 Å². The lowest BCUT2D eigenvalue weighted by Gasteiger charge is -2.16. The van der Waals surface area contributed by atoms with Crippen molar-refractivity contribution in [2.75, 3.05) is 0 Å². The third kappa shape index (κ3) is 2.86. The number of benzene rings is 1. The molecular weight excluding hydrogens is 210 g/mol. The standard InChI is InChI=1S/C14H21N3/c1-9-7-11-12(8-10(9)2)17-13(16-11)5-6-14(3,4)15/h7-8H,5-6,15H2,1-4H3,(H,16,17). The Morgan fingerprint density at radius 1 is 1.24 bits per heavy atom. The molecule has 0 aliphatic carbocycles. The first-order valence-electron chi connectivity index (χ1n) is 6.10. The molecule has 92 valence electrons. The van der Waals surface area contributed by atoms with Gasteiger partial charge >= 0.3 is 0 Å². The highest BCUT2D eigenvalue weighted by Crippen LogP contribution is 2.18. The summed E-state index contributed by atoms with van der Waals surface area (Å²) >= 11 is 0. The molecule has 0 amide bonds. The first kappa shape index (κ1) is 12.1. The van der Waals surface area contributed by atoms with Gasteiger partial charge < -0.3 is 10.7 Å². The molecule has 0 radical (unpaired) electrons. The zero-order valence-electron chi connectivity index (χ0n) is 11.1. The number of nitrogens with one attached hydrogen (secondary N) is 1. The van der Waals surface area contributed by atoms with E-state index in [-0.39, 0.29) is 5.54 Å². The third-order valence-electron chi connectivity index (χ3n) is 3.15. The number of hydrogen-bond donors (Lipinski definition) is 2. The van der Waals surface area contributed by atoms with Crippen LogP contribution in [0.3, 0.4) is 0 Å². The van der Waals surface area contributed by atoms with Crippen molar-refractivity contribution >= 4 is 11.0 Å². The van der Waals surface area contributed by atoms with Crippen molar-refractivity contribution < 1.29 is 0 Å². The summed E-state index contributed by atoms with van der Waals surface area (Å²) in [7, 11) is 0. The van der Waals surface area contributed by atoms with Crippen LogP contribution in [0.2, 0.25) is 0 Å². The van der Waals surface area contributed by atoms with Crippen LogP contribution in [0.15, 0.2) is 12.1 Å². The van der Waals surface area contributed by atoms with Gasteiger partial charge in [-0.15, -0.1) is 0 Å². The summed E-state index contributed by atoms with van der Waals surface area (Å²) in [5.74, 6) is 1.03. The summed E-state index contributed by atoms with van der Waals surface area (Å²) in [5, 5.41) is 0. The fourth-order valence-corrected chi connectivity index (χ4v) is 1.88. The summed E-state index contributed by atoms with van der Waals surface area (Å²) in [6.45, 7) is 8.33. The summed E-state index contributed by atoms with van der Waals surface area (Å²) in [6.07, 6.45) is 1.83. The van der Waals surface area contributed by atoms with E-state index in [9.17, 15) is 0 Å². The molecule has 0 saturated heterocycles. The lowest BCUT2D eigenvalue weighted by molar-refractivity contribution is 0.472. The molecule has 0 saturated carbocycles. The van der Waals surface area contributed by atoms with Crippen LogP contribution in [-0.2, 0) is 6.42 Å². The molecule has 0 spiro atoms. The summed E-state index contributed by atoms with van der Waals surface area (Å²) < 4.78 is 0. The van der Waals surface area contributed by atoms with Gasteiger partial charge in [0.05, 0.1) is 11.0 Å². The molecule has 3 heteroatoms. The van der Waals surface area contributed by atoms with Gasteiger partial charge in [0.15, 0.2) is 0 Å². The third-order valence-corrected chi connectivity index (χ3v) is 3.15. The number of aromatic nitrogens is 2. The molecule has 3 N–H and O–H groups in total. The molecule has 1 aromatic carbocycles. The maximum Gasteiger partial charge on any atom is 0.107 e. The number of aryl methyl sites for hydroxylation is 3. The van der Waals surface area contributed by atoms with E-state index in [0.29, 0.717) is 0 Å². The van der Waals surface area contributed by atoms with Gasteiger partial charge in [0.2, 0.25) is 0 Å². The van der Waals surface area contributed by atoms with Gasteiger partial charge in [-0.05, 0) is 57.4 Å². The Morgan fingerprint density at radius 2 is 1.88 bits per heavy atom. The zero-order chi connectivity index (χ0) is 12.6. The number of aromatic amines is 1. The van der Waals surface area contributed by atoms with E-state index in [1.54, 1.807) is 0 Å². The van der Waals surface area contributed by atoms with Gasteiger partial charge in [-0.25, -0.2) is 4.98 Å². The molecule has 0 atom stereocenters. The van der Waals surface area contributed by atoms with Crippen molar-refractivity contribution in [2.24, 2.45) is 5.73 Å². The number of imidazole rings is 1. The molecule has 0 bridgehead atoms. The highest BCUT2D eigenvalue weighted by molar-refractivity contribution is 5.77. The number of fused-ring (bicyclic) bond motifs is 1. The lowest BCUT2D eigenvalue weighted by Crippen LogP contribution is -2.32. The molecule has 0 aliphatic rings. The van der Waals surface area contributed by atoms with E-state index in [2.05, 4.69) is 35.9 Å². The van der Waals surface area contributed by atoms with Crippen LogP contribution in [-0.4, -0.2) is 15.5 Å². The average Bonchev–Trinajstić information content (AvgIpc) is 2.57. The van der Waals surface area contributed by atoms with Crippen LogP contribution < -0.4 is 5.73 Å². The predicted octanol–water partition coefficient (Wildman–Crippen LogP) is 2.85. The monoisotopic (exact) mass is 231 g/mol. The second-order valence-electron chi connectivity index (χ2n) is 5.63. The lowest BCUT2D eigenvalue weighted by atomic mass is 10.0. The Hall–Kier alpha value is -1.35. The Bertz CT molecular complexity index is 493. The second kappa shape index (κ2) is 4.15. The molecule has 2 aromatic rings. The van der Waals surface area contributed by atoms with Gasteiger partial charge in [-0.1, -0.05) is 0 Å². The highest BCUT2D eigenvalue weighted by Gasteiger charge is 2.12. The normalized spacial score (nSPS) is 12.3. The van der Waals surface area contributed by atoms with Crippen molar-refractivity contribution in [2.45, 2.75) is 46.1 Å². The SMILES string of the molecule is Cc1cc2nc(CCC(C)(C)N)[nH]c2cc1C. The fraction of sp³-hybridized carbons (Fsp3) is 0.500. The largest absolute Gasteiger partial charge is 0.342 e. The number of hydrogen-bond acceptors (Lipinski definition) is 2. The molecule has 17 heavy (non-hydrogen) atoms. The average molecular weight is 231 g/mol. The number of H-pyrrole nitrogens is 1. The number of rotatable bonds is 3. The van der Waals surface area contributed by atoms with E-state index < -0.39 is 0 Å².